The van der Waals surface area contributed by atoms with Crippen molar-refractivity contribution in [2.75, 3.05) is 6.54 Å². The summed E-state index contributed by atoms with van der Waals surface area (Å²) in [7, 11) is -4.12. The van der Waals surface area contributed by atoms with Crippen LogP contribution in [0.5, 0.6) is 0 Å². The lowest BCUT2D eigenvalue weighted by Crippen LogP contribution is -2.26. The molecule has 2 aromatic carbocycles. The van der Waals surface area contributed by atoms with Crippen molar-refractivity contribution in [2.24, 2.45) is 0 Å². The molecular weight excluding hydrogens is 348 g/mol. The number of nitrogens with zero attached hydrogens (tertiary/aromatic N) is 2. The van der Waals surface area contributed by atoms with Crippen LogP contribution in [0, 0.1) is 11.6 Å². The third-order valence-corrected chi connectivity index (χ3v) is 5.02. The summed E-state index contributed by atoms with van der Waals surface area (Å²) in [6.07, 6.45) is 3.78. The van der Waals surface area contributed by atoms with Crippen LogP contribution in [0.4, 0.5) is 8.78 Å². The summed E-state index contributed by atoms with van der Waals surface area (Å²) in [6.45, 7) is 0.0404. The number of benzene rings is 2. The topological polar surface area (TPSA) is 64.0 Å². The predicted octanol–water partition coefficient (Wildman–Crippen LogP) is 2.67. The Morgan fingerprint density at radius 1 is 1.08 bits per heavy atom. The molecule has 5 nitrogen and oxygen atoms in total. The van der Waals surface area contributed by atoms with Gasteiger partial charge in [0.1, 0.15) is 16.5 Å². The van der Waals surface area contributed by atoms with Gasteiger partial charge >= 0.3 is 0 Å². The Balaban J connectivity index is 1.65. The molecule has 25 heavy (non-hydrogen) atoms. The van der Waals surface area contributed by atoms with E-state index in [2.05, 4.69) is 9.82 Å². The van der Waals surface area contributed by atoms with E-state index in [0.29, 0.717) is 12.5 Å². The number of nitrogens with one attached hydrogen (secondary N) is 1. The van der Waals surface area contributed by atoms with Crippen LogP contribution in [-0.2, 0) is 16.4 Å². The molecule has 0 aliphatic carbocycles. The van der Waals surface area contributed by atoms with E-state index in [0.717, 1.165) is 23.4 Å². The van der Waals surface area contributed by atoms with Crippen molar-refractivity contribution in [3.05, 3.63) is 78.1 Å². The van der Waals surface area contributed by atoms with Gasteiger partial charge in [-0.25, -0.2) is 26.6 Å². The molecule has 0 unspecified atom stereocenters. The smallest absolute Gasteiger partial charge is 0.241 e. The van der Waals surface area contributed by atoms with Gasteiger partial charge < -0.3 is 0 Å². The second-order valence-corrected chi connectivity index (χ2v) is 7.09. The average Bonchev–Trinajstić information content (AvgIpc) is 3.06. The third-order valence-electron chi connectivity index (χ3n) is 3.55. The number of rotatable bonds is 6. The Morgan fingerprint density at radius 2 is 1.84 bits per heavy atom. The van der Waals surface area contributed by atoms with E-state index in [9.17, 15) is 17.2 Å². The highest BCUT2D eigenvalue weighted by molar-refractivity contribution is 7.89. The number of hydrogen-bond donors (Lipinski definition) is 1. The zero-order valence-electron chi connectivity index (χ0n) is 13.1. The van der Waals surface area contributed by atoms with Gasteiger partial charge in [0.05, 0.1) is 11.9 Å². The van der Waals surface area contributed by atoms with E-state index in [4.69, 9.17) is 0 Å². The van der Waals surface area contributed by atoms with Crippen LogP contribution < -0.4 is 4.72 Å². The van der Waals surface area contributed by atoms with E-state index in [1.807, 2.05) is 30.3 Å². The monoisotopic (exact) mass is 363 g/mol. The lowest BCUT2D eigenvalue weighted by atomic mass is 10.2. The molecule has 0 spiro atoms. The summed E-state index contributed by atoms with van der Waals surface area (Å²) in [5, 5.41) is 4.22. The summed E-state index contributed by atoms with van der Waals surface area (Å²) in [5.41, 5.74) is 1.70. The standard InChI is InChI=1S/C17H15F2N3O2S/c18-14-6-7-16(19)17(10-14)25(23,24)21-9-8-13-11-20-22(12-13)15-4-2-1-3-5-15/h1-7,10-12,21H,8-9H2. The zero-order chi connectivity index (χ0) is 17.9. The fraction of sp³-hybridized carbons (Fsp3) is 0.118. The molecule has 0 radical (unpaired) electrons. The quantitative estimate of drug-likeness (QED) is 0.732. The van der Waals surface area contributed by atoms with Crippen molar-refractivity contribution in [1.82, 2.24) is 14.5 Å². The van der Waals surface area contributed by atoms with E-state index in [1.165, 1.54) is 0 Å². The summed E-state index contributed by atoms with van der Waals surface area (Å²) in [5.74, 6) is -1.81. The largest absolute Gasteiger partial charge is 0.243 e. The molecule has 8 heteroatoms. The second-order valence-electron chi connectivity index (χ2n) is 5.35. The van der Waals surface area contributed by atoms with Crippen LogP contribution in [0.25, 0.3) is 5.69 Å². The van der Waals surface area contributed by atoms with Gasteiger partial charge in [-0.2, -0.15) is 5.10 Å². The van der Waals surface area contributed by atoms with E-state index < -0.39 is 26.6 Å². The van der Waals surface area contributed by atoms with Crippen molar-refractivity contribution in [1.29, 1.82) is 0 Å². The highest BCUT2D eigenvalue weighted by Crippen LogP contribution is 2.15. The summed E-state index contributed by atoms with van der Waals surface area (Å²) in [4.78, 5) is -0.701. The molecule has 3 rings (SSSR count). The van der Waals surface area contributed by atoms with Gasteiger partial charge in [-0.3, -0.25) is 0 Å². The first kappa shape index (κ1) is 17.2. The first-order chi connectivity index (χ1) is 12.0. The minimum Gasteiger partial charge on any atom is -0.241 e. The lowest BCUT2D eigenvalue weighted by Gasteiger charge is -2.07. The van der Waals surface area contributed by atoms with Crippen LogP contribution in [-0.4, -0.2) is 24.7 Å². The molecule has 0 bridgehead atoms. The van der Waals surface area contributed by atoms with Gasteiger partial charge in [0.15, 0.2) is 0 Å². The maximum Gasteiger partial charge on any atom is 0.243 e. The normalized spacial score (nSPS) is 11.6. The van der Waals surface area contributed by atoms with Crippen LogP contribution in [0.2, 0.25) is 0 Å². The van der Waals surface area contributed by atoms with Gasteiger partial charge in [0.2, 0.25) is 10.0 Å². The molecule has 130 valence electrons. The minimum absolute atomic E-state index is 0.0404. The number of para-hydroxylation sites is 1. The maximum atomic E-state index is 13.6. The molecule has 0 aliphatic rings. The van der Waals surface area contributed by atoms with E-state index in [-0.39, 0.29) is 6.54 Å². The lowest BCUT2D eigenvalue weighted by molar-refractivity contribution is 0.546. The SMILES string of the molecule is O=S(=O)(NCCc1cnn(-c2ccccc2)c1)c1cc(F)ccc1F. The van der Waals surface area contributed by atoms with Gasteiger partial charge in [-0.1, -0.05) is 18.2 Å². The first-order valence-corrected chi connectivity index (χ1v) is 8.98. The molecule has 0 atom stereocenters. The number of hydrogen-bond acceptors (Lipinski definition) is 3. The molecule has 0 fully saturated rings. The Kier molecular flexibility index (Phi) is 4.91. The molecule has 0 aliphatic heterocycles. The Labute approximate surface area is 144 Å². The van der Waals surface area contributed by atoms with Gasteiger partial charge in [0.25, 0.3) is 0 Å². The fourth-order valence-electron chi connectivity index (χ4n) is 2.30. The predicted molar refractivity (Wildman–Crippen MR) is 88.8 cm³/mol. The Morgan fingerprint density at radius 3 is 2.60 bits per heavy atom. The molecular formula is C17H15F2N3O2S. The summed E-state index contributed by atoms with van der Waals surface area (Å²) < 4.78 is 54.9. The van der Waals surface area contributed by atoms with Crippen molar-refractivity contribution < 1.29 is 17.2 Å². The average molecular weight is 363 g/mol. The van der Waals surface area contributed by atoms with Crippen molar-refractivity contribution in [2.45, 2.75) is 11.3 Å². The van der Waals surface area contributed by atoms with Crippen molar-refractivity contribution in [3.8, 4) is 5.69 Å². The molecule has 0 saturated heterocycles. The highest BCUT2D eigenvalue weighted by atomic mass is 32.2. The molecule has 1 heterocycles. The first-order valence-electron chi connectivity index (χ1n) is 7.49. The van der Waals surface area contributed by atoms with E-state index >= 15 is 0 Å². The number of halogens is 2. The minimum atomic E-state index is -4.12. The number of aromatic nitrogens is 2. The van der Waals surface area contributed by atoms with Crippen LogP contribution in [0.3, 0.4) is 0 Å². The second kappa shape index (κ2) is 7.12. The Bertz CT molecular complexity index is 973. The number of sulfonamides is 1. The summed E-state index contributed by atoms with van der Waals surface area (Å²) in [6, 6.07) is 11.8. The van der Waals surface area contributed by atoms with Gasteiger partial charge in [-0.15, -0.1) is 0 Å². The van der Waals surface area contributed by atoms with Gasteiger partial charge in [-0.05, 0) is 42.3 Å². The van der Waals surface area contributed by atoms with Gasteiger partial charge in [0, 0.05) is 12.7 Å². The Hall–Kier alpha value is -2.58. The molecule has 0 amide bonds. The van der Waals surface area contributed by atoms with Crippen molar-refractivity contribution in [3.63, 3.8) is 0 Å². The highest BCUT2D eigenvalue weighted by Gasteiger charge is 2.19. The molecule has 3 aromatic rings. The van der Waals surface area contributed by atoms with Crippen LogP contribution in [0.15, 0.2) is 65.8 Å². The molecule has 0 saturated carbocycles. The van der Waals surface area contributed by atoms with Crippen LogP contribution >= 0.6 is 0 Å². The van der Waals surface area contributed by atoms with E-state index in [1.54, 1.807) is 17.1 Å². The maximum absolute atomic E-state index is 13.6. The van der Waals surface area contributed by atoms with Crippen LogP contribution in [0.1, 0.15) is 5.56 Å². The summed E-state index contributed by atoms with van der Waals surface area (Å²) >= 11 is 0. The fourth-order valence-corrected chi connectivity index (χ4v) is 3.42. The third kappa shape index (κ3) is 4.09. The van der Waals surface area contributed by atoms with Crippen molar-refractivity contribution >= 4 is 10.0 Å². The molecule has 1 aromatic heterocycles. The molecule has 1 N–H and O–H groups in total. The zero-order valence-corrected chi connectivity index (χ0v) is 13.9.